The van der Waals surface area contributed by atoms with Gasteiger partial charge in [-0.2, -0.15) is 5.10 Å². The van der Waals surface area contributed by atoms with Crippen molar-refractivity contribution in [2.24, 2.45) is 0 Å². The van der Waals surface area contributed by atoms with E-state index in [-0.39, 0.29) is 6.10 Å². The van der Waals surface area contributed by atoms with E-state index >= 15 is 0 Å². The van der Waals surface area contributed by atoms with Crippen LogP contribution in [0.25, 0.3) is 11.3 Å². The predicted molar refractivity (Wildman–Crippen MR) is 106 cm³/mol. The topological polar surface area (TPSA) is 56.1 Å². The summed E-state index contributed by atoms with van der Waals surface area (Å²) in [7, 11) is 0. The van der Waals surface area contributed by atoms with Crippen molar-refractivity contribution in [3.05, 3.63) is 53.5 Å². The van der Waals surface area contributed by atoms with Crippen LogP contribution in [0.3, 0.4) is 0 Å². The molecule has 6 nitrogen and oxygen atoms in total. The van der Waals surface area contributed by atoms with Crippen LogP contribution in [0.1, 0.15) is 23.9 Å². The molecule has 3 aromatic rings. The molecule has 0 aliphatic carbocycles. The molecule has 0 N–H and O–H groups in total. The van der Waals surface area contributed by atoms with Gasteiger partial charge in [0, 0.05) is 24.0 Å². The van der Waals surface area contributed by atoms with Gasteiger partial charge in [0.15, 0.2) is 0 Å². The van der Waals surface area contributed by atoms with Gasteiger partial charge in [-0.15, -0.1) is 0 Å². The summed E-state index contributed by atoms with van der Waals surface area (Å²) in [6, 6.07) is 10.1. The molecular weight excluding hydrogens is 338 g/mol. The molecule has 0 bridgehead atoms. The van der Waals surface area contributed by atoms with Crippen molar-refractivity contribution in [3.63, 3.8) is 0 Å². The van der Waals surface area contributed by atoms with E-state index in [9.17, 15) is 0 Å². The normalized spacial score (nSPS) is 14.3. The van der Waals surface area contributed by atoms with Crippen LogP contribution in [0.4, 0.5) is 5.95 Å². The molecule has 140 valence electrons. The fourth-order valence-corrected chi connectivity index (χ4v) is 3.57. The molecule has 0 atom stereocenters. The highest BCUT2D eigenvalue weighted by Gasteiger charge is 2.31. The van der Waals surface area contributed by atoms with Gasteiger partial charge in [-0.25, -0.2) is 9.97 Å². The number of aromatic nitrogens is 4. The summed E-state index contributed by atoms with van der Waals surface area (Å²) >= 11 is 0. The van der Waals surface area contributed by atoms with E-state index in [1.807, 2.05) is 36.0 Å². The second kappa shape index (κ2) is 7.02. The first-order valence-electron chi connectivity index (χ1n) is 9.41. The average molecular weight is 363 g/mol. The molecule has 0 amide bonds. The van der Waals surface area contributed by atoms with E-state index < -0.39 is 0 Å². The van der Waals surface area contributed by atoms with E-state index in [1.54, 1.807) is 0 Å². The van der Waals surface area contributed by atoms with Gasteiger partial charge < -0.3 is 9.64 Å². The second-order valence-electron chi connectivity index (χ2n) is 7.06. The largest absolute Gasteiger partial charge is 0.487 e. The summed E-state index contributed by atoms with van der Waals surface area (Å²) in [4.78, 5) is 11.4. The molecule has 3 heterocycles. The second-order valence-corrected chi connectivity index (χ2v) is 7.06. The number of aryl methyl sites for hydroxylation is 3. The van der Waals surface area contributed by atoms with Crippen LogP contribution in [-0.4, -0.2) is 38.9 Å². The average Bonchev–Trinajstić information content (AvgIpc) is 2.91. The first-order valence-corrected chi connectivity index (χ1v) is 9.41. The molecule has 0 saturated carbocycles. The number of rotatable bonds is 5. The third-order valence-electron chi connectivity index (χ3n) is 5.00. The minimum atomic E-state index is 0.172. The first-order chi connectivity index (χ1) is 13.0. The Hall–Kier alpha value is -2.89. The molecule has 1 aliphatic rings. The molecule has 0 unspecified atom stereocenters. The highest BCUT2D eigenvalue weighted by molar-refractivity contribution is 5.65. The summed E-state index contributed by atoms with van der Waals surface area (Å²) in [5, 5.41) is 4.60. The summed E-state index contributed by atoms with van der Waals surface area (Å²) in [5.74, 6) is 1.67. The van der Waals surface area contributed by atoms with E-state index in [0.29, 0.717) is 0 Å². The van der Waals surface area contributed by atoms with E-state index in [2.05, 4.69) is 47.9 Å². The van der Waals surface area contributed by atoms with Crippen molar-refractivity contribution in [2.45, 2.75) is 40.3 Å². The maximum Gasteiger partial charge on any atom is 0.226 e. The van der Waals surface area contributed by atoms with Crippen molar-refractivity contribution in [1.82, 2.24) is 19.7 Å². The zero-order valence-electron chi connectivity index (χ0n) is 16.3. The molecule has 4 rings (SSSR count). The lowest BCUT2D eigenvalue weighted by Gasteiger charge is -2.39. The smallest absolute Gasteiger partial charge is 0.226 e. The Morgan fingerprint density at radius 1 is 1.15 bits per heavy atom. The summed E-state index contributed by atoms with van der Waals surface area (Å²) in [6.07, 6.45) is 2.00. The Balaban J connectivity index is 1.48. The molecule has 1 fully saturated rings. The van der Waals surface area contributed by atoms with Gasteiger partial charge in [-0.3, -0.25) is 4.68 Å². The number of ether oxygens (including phenoxy) is 1. The van der Waals surface area contributed by atoms with Crippen LogP contribution in [0.2, 0.25) is 0 Å². The Kier molecular flexibility index (Phi) is 4.56. The molecule has 2 aromatic heterocycles. The number of hydrogen-bond acceptors (Lipinski definition) is 5. The molecule has 6 heteroatoms. The predicted octanol–water partition coefficient (Wildman–Crippen LogP) is 3.55. The summed E-state index contributed by atoms with van der Waals surface area (Å²) in [6.45, 7) is 10.7. The number of nitrogens with zero attached hydrogens (tertiary/aromatic N) is 5. The zero-order chi connectivity index (χ0) is 19.0. The molecule has 0 spiro atoms. The van der Waals surface area contributed by atoms with Gasteiger partial charge >= 0.3 is 0 Å². The lowest BCUT2D eigenvalue weighted by Crippen LogP contribution is -2.54. The summed E-state index contributed by atoms with van der Waals surface area (Å²) in [5.41, 5.74) is 5.39. The highest BCUT2D eigenvalue weighted by Crippen LogP contribution is 2.28. The molecule has 1 aromatic carbocycles. The first kappa shape index (κ1) is 17.5. The maximum absolute atomic E-state index is 6.04. The number of anilines is 1. The number of hydrogen-bond donors (Lipinski definition) is 0. The minimum Gasteiger partial charge on any atom is -0.487 e. The Morgan fingerprint density at radius 2 is 1.96 bits per heavy atom. The molecule has 27 heavy (non-hydrogen) atoms. The van der Waals surface area contributed by atoms with Crippen molar-refractivity contribution in [2.75, 3.05) is 18.0 Å². The van der Waals surface area contributed by atoms with Crippen molar-refractivity contribution in [3.8, 4) is 17.0 Å². The third-order valence-corrected chi connectivity index (χ3v) is 5.00. The minimum absolute atomic E-state index is 0.172. The van der Waals surface area contributed by atoms with Gasteiger partial charge in [0.05, 0.1) is 24.5 Å². The SMILES string of the molecule is CCn1nc(C)c(-c2ccnc(N3CC(Oc4cccc(C)c4)C3)n2)c1C. The standard InChI is InChI=1S/C21H25N5O/c1-5-26-16(4)20(15(3)24-26)19-9-10-22-21(23-19)25-12-18(13-25)27-17-8-6-7-14(2)11-17/h6-11,18H,5,12-13H2,1-4H3. The van der Waals surface area contributed by atoms with Gasteiger partial charge in [-0.1, -0.05) is 12.1 Å². The fraction of sp³-hybridized carbons (Fsp3) is 0.381. The van der Waals surface area contributed by atoms with Crippen LogP contribution in [0.15, 0.2) is 36.5 Å². The van der Waals surface area contributed by atoms with Gasteiger partial charge in [-0.05, 0) is 51.5 Å². The van der Waals surface area contributed by atoms with Crippen molar-refractivity contribution in [1.29, 1.82) is 0 Å². The molecular formula is C21H25N5O. The van der Waals surface area contributed by atoms with Crippen LogP contribution < -0.4 is 9.64 Å². The number of benzene rings is 1. The monoisotopic (exact) mass is 363 g/mol. The van der Waals surface area contributed by atoms with Crippen molar-refractivity contribution >= 4 is 5.95 Å². The van der Waals surface area contributed by atoms with Crippen LogP contribution >= 0.6 is 0 Å². The lowest BCUT2D eigenvalue weighted by molar-refractivity contribution is 0.166. The quantitative estimate of drug-likeness (QED) is 0.694. The molecule has 1 aliphatic heterocycles. The van der Waals surface area contributed by atoms with E-state index in [0.717, 1.165) is 54.0 Å². The van der Waals surface area contributed by atoms with E-state index in [1.165, 1.54) is 5.56 Å². The maximum atomic E-state index is 6.04. The van der Waals surface area contributed by atoms with Crippen LogP contribution in [0.5, 0.6) is 5.75 Å². The fourth-order valence-electron chi connectivity index (χ4n) is 3.57. The van der Waals surface area contributed by atoms with Gasteiger partial charge in [0.1, 0.15) is 11.9 Å². The van der Waals surface area contributed by atoms with Crippen LogP contribution in [-0.2, 0) is 6.54 Å². The van der Waals surface area contributed by atoms with Gasteiger partial charge in [0.25, 0.3) is 0 Å². The van der Waals surface area contributed by atoms with Crippen molar-refractivity contribution < 1.29 is 4.74 Å². The zero-order valence-corrected chi connectivity index (χ0v) is 16.3. The van der Waals surface area contributed by atoms with Crippen LogP contribution in [0, 0.1) is 20.8 Å². The Labute approximate surface area is 159 Å². The Morgan fingerprint density at radius 3 is 2.67 bits per heavy atom. The third kappa shape index (κ3) is 3.39. The van der Waals surface area contributed by atoms with E-state index in [4.69, 9.17) is 9.72 Å². The molecule has 1 saturated heterocycles. The van der Waals surface area contributed by atoms with Gasteiger partial charge in [0.2, 0.25) is 5.95 Å². The highest BCUT2D eigenvalue weighted by atomic mass is 16.5. The molecule has 0 radical (unpaired) electrons. The Bertz CT molecular complexity index is 959. The summed E-state index contributed by atoms with van der Waals surface area (Å²) < 4.78 is 8.06. The lowest BCUT2D eigenvalue weighted by atomic mass is 10.1.